The van der Waals surface area contributed by atoms with Gasteiger partial charge in [-0.1, -0.05) is 24.0 Å². The Hall–Kier alpha value is -3.67. The molecular formula is C26H28F3NO5. The smallest absolute Gasteiger partial charge is 0.476 e. The van der Waals surface area contributed by atoms with E-state index in [-0.39, 0.29) is 24.7 Å². The monoisotopic (exact) mass is 491 g/mol. The summed E-state index contributed by atoms with van der Waals surface area (Å²) in [5.74, 6) is 5.30. The van der Waals surface area contributed by atoms with Crippen LogP contribution in [-0.2, 0) is 20.9 Å². The molecule has 2 aromatic carbocycles. The molecule has 0 aliphatic rings. The number of amides is 1. The highest BCUT2D eigenvalue weighted by molar-refractivity contribution is 5.79. The van der Waals surface area contributed by atoms with Gasteiger partial charge in [0, 0.05) is 32.0 Å². The highest BCUT2D eigenvalue weighted by atomic mass is 19.4. The second kappa shape index (κ2) is 12.2. The third kappa shape index (κ3) is 9.61. The van der Waals surface area contributed by atoms with Gasteiger partial charge in [-0.05, 0) is 62.7 Å². The molecule has 0 spiro atoms. The Morgan fingerprint density at radius 2 is 1.51 bits per heavy atom. The minimum atomic E-state index is -4.74. The second-order valence-electron chi connectivity index (χ2n) is 8.10. The first kappa shape index (κ1) is 27.6. The van der Waals surface area contributed by atoms with Crippen LogP contribution in [0.15, 0.2) is 48.5 Å². The van der Waals surface area contributed by atoms with Gasteiger partial charge < -0.3 is 19.1 Å². The third-order valence-corrected chi connectivity index (χ3v) is 4.69. The number of nitrogens with zero attached hydrogens (tertiary/aromatic N) is 1. The van der Waals surface area contributed by atoms with Gasteiger partial charge in [-0.2, -0.15) is 0 Å². The van der Waals surface area contributed by atoms with Crippen LogP contribution < -0.4 is 9.47 Å². The lowest BCUT2D eigenvalue weighted by Crippen LogP contribution is -2.39. The molecule has 9 heteroatoms. The first-order valence-corrected chi connectivity index (χ1v) is 10.9. The lowest BCUT2D eigenvalue weighted by atomic mass is 10.1. The summed E-state index contributed by atoms with van der Waals surface area (Å²) in [4.78, 5) is 25.9. The molecule has 35 heavy (non-hydrogen) atoms. The molecule has 0 heterocycles. The predicted octanol–water partition coefficient (Wildman–Crippen LogP) is 5.10. The number of hydrogen-bond acceptors (Lipinski definition) is 5. The Morgan fingerprint density at radius 3 is 2.09 bits per heavy atom. The molecule has 1 amide bonds. The quantitative estimate of drug-likeness (QED) is 0.361. The van der Waals surface area contributed by atoms with Crippen molar-refractivity contribution in [2.45, 2.75) is 52.1 Å². The van der Waals surface area contributed by atoms with E-state index in [4.69, 9.17) is 9.47 Å². The van der Waals surface area contributed by atoms with Crippen molar-refractivity contribution in [3.05, 3.63) is 59.7 Å². The predicted molar refractivity (Wildman–Crippen MR) is 123 cm³/mol. The van der Waals surface area contributed by atoms with E-state index < -0.39 is 17.9 Å². The molecule has 6 nitrogen and oxygen atoms in total. The maximum atomic E-state index is 12.4. The minimum Gasteiger partial charge on any atom is -0.476 e. The number of hydrogen-bond donors (Lipinski definition) is 0. The van der Waals surface area contributed by atoms with E-state index in [0.717, 1.165) is 5.56 Å². The Bertz CT molecular complexity index is 1050. The van der Waals surface area contributed by atoms with Crippen LogP contribution in [0.5, 0.6) is 11.5 Å². The average Bonchev–Trinajstić information content (AvgIpc) is 2.78. The molecule has 0 aromatic heterocycles. The summed E-state index contributed by atoms with van der Waals surface area (Å²) < 4.78 is 51.1. The molecule has 0 atom stereocenters. The molecule has 0 N–H and O–H groups in total. The van der Waals surface area contributed by atoms with Gasteiger partial charge in [0.05, 0.1) is 6.61 Å². The topological polar surface area (TPSA) is 65.1 Å². The van der Waals surface area contributed by atoms with Crippen LogP contribution in [0.1, 0.15) is 44.7 Å². The van der Waals surface area contributed by atoms with Crippen LogP contribution in [0.2, 0.25) is 0 Å². The number of benzene rings is 2. The highest BCUT2D eigenvalue weighted by Crippen LogP contribution is 2.23. The standard InChI is InChI=1S/C26H28F3NO5/c1-5-33-24(32)25(2,3)34-21-16-12-20(13-17-21)18-30(4)23(31)9-7-6-8-19-10-14-22(15-11-19)35-26(27,28)29/h10-17H,5,7,9,18H2,1-4H3. The van der Waals surface area contributed by atoms with Crippen molar-refractivity contribution in [2.24, 2.45) is 0 Å². The molecular weight excluding hydrogens is 463 g/mol. The number of alkyl halides is 3. The maximum Gasteiger partial charge on any atom is 0.573 e. The first-order valence-electron chi connectivity index (χ1n) is 10.9. The fourth-order valence-electron chi connectivity index (χ4n) is 2.93. The Balaban J connectivity index is 1.82. The van der Waals surface area contributed by atoms with Crippen molar-refractivity contribution in [1.82, 2.24) is 4.90 Å². The van der Waals surface area contributed by atoms with Crippen LogP contribution in [0.25, 0.3) is 0 Å². The van der Waals surface area contributed by atoms with Crippen molar-refractivity contribution in [3.63, 3.8) is 0 Å². The molecule has 0 saturated carbocycles. The summed E-state index contributed by atoms with van der Waals surface area (Å²) >= 11 is 0. The lowest BCUT2D eigenvalue weighted by Gasteiger charge is -2.24. The van der Waals surface area contributed by atoms with Crippen LogP contribution in [-0.4, -0.2) is 42.4 Å². The molecule has 0 fully saturated rings. The van der Waals surface area contributed by atoms with Gasteiger partial charge in [-0.25, -0.2) is 4.79 Å². The number of rotatable bonds is 9. The van der Waals surface area contributed by atoms with E-state index in [9.17, 15) is 22.8 Å². The normalized spacial score (nSPS) is 11.2. The highest BCUT2D eigenvalue weighted by Gasteiger charge is 2.32. The fourth-order valence-corrected chi connectivity index (χ4v) is 2.93. The molecule has 0 radical (unpaired) electrons. The van der Waals surface area contributed by atoms with E-state index >= 15 is 0 Å². The van der Waals surface area contributed by atoms with Gasteiger partial charge in [-0.3, -0.25) is 4.79 Å². The van der Waals surface area contributed by atoms with Crippen molar-refractivity contribution in [2.75, 3.05) is 13.7 Å². The summed E-state index contributed by atoms with van der Waals surface area (Å²) in [7, 11) is 1.68. The molecule has 0 aliphatic carbocycles. The molecule has 2 aromatic rings. The zero-order valence-electron chi connectivity index (χ0n) is 20.1. The van der Waals surface area contributed by atoms with Crippen LogP contribution in [0.3, 0.4) is 0 Å². The molecule has 0 bridgehead atoms. The number of carbonyl (C=O) groups excluding carboxylic acids is 2. The average molecular weight is 492 g/mol. The SMILES string of the molecule is CCOC(=O)C(C)(C)Oc1ccc(CN(C)C(=O)CCC#Cc2ccc(OC(F)(F)F)cc2)cc1. The maximum absolute atomic E-state index is 12.4. The summed E-state index contributed by atoms with van der Waals surface area (Å²) in [6, 6.07) is 12.3. The number of esters is 1. The summed E-state index contributed by atoms with van der Waals surface area (Å²) in [5.41, 5.74) is 0.285. The summed E-state index contributed by atoms with van der Waals surface area (Å²) in [6.45, 7) is 5.64. The van der Waals surface area contributed by atoms with Gasteiger partial charge in [0.25, 0.3) is 0 Å². The van der Waals surface area contributed by atoms with Crippen molar-refractivity contribution in [3.8, 4) is 23.3 Å². The van der Waals surface area contributed by atoms with E-state index in [1.54, 1.807) is 44.9 Å². The van der Waals surface area contributed by atoms with Crippen LogP contribution in [0, 0.1) is 11.8 Å². The van der Waals surface area contributed by atoms with Gasteiger partial charge in [0.15, 0.2) is 5.60 Å². The number of halogens is 3. The van der Waals surface area contributed by atoms with E-state index in [0.29, 0.717) is 24.3 Å². The molecule has 188 valence electrons. The van der Waals surface area contributed by atoms with Crippen molar-refractivity contribution < 1.29 is 37.0 Å². The largest absolute Gasteiger partial charge is 0.573 e. The van der Waals surface area contributed by atoms with Gasteiger partial charge in [0.2, 0.25) is 5.91 Å². The summed E-state index contributed by atoms with van der Waals surface area (Å²) in [5, 5.41) is 0. The molecule has 2 rings (SSSR count). The Morgan fingerprint density at radius 1 is 0.943 bits per heavy atom. The molecule has 0 aliphatic heterocycles. The van der Waals surface area contributed by atoms with E-state index in [2.05, 4.69) is 16.6 Å². The van der Waals surface area contributed by atoms with Gasteiger partial charge >= 0.3 is 12.3 Å². The molecule has 0 saturated heterocycles. The third-order valence-electron chi connectivity index (χ3n) is 4.69. The number of ether oxygens (including phenoxy) is 3. The zero-order chi connectivity index (χ0) is 26.1. The van der Waals surface area contributed by atoms with E-state index in [1.165, 1.54) is 24.3 Å². The Labute approximate surface area is 203 Å². The second-order valence-corrected chi connectivity index (χ2v) is 8.10. The molecule has 0 unspecified atom stereocenters. The Kier molecular flexibility index (Phi) is 9.58. The zero-order valence-corrected chi connectivity index (χ0v) is 20.1. The van der Waals surface area contributed by atoms with Crippen molar-refractivity contribution >= 4 is 11.9 Å². The summed E-state index contributed by atoms with van der Waals surface area (Å²) in [6.07, 6.45) is -4.23. The first-order chi connectivity index (χ1) is 16.4. The van der Waals surface area contributed by atoms with E-state index in [1.807, 2.05) is 12.1 Å². The van der Waals surface area contributed by atoms with Gasteiger partial charge in [-0.15, -0.1) is 13.2 Å². The fraction of sp³-hybridized carbons (Fsp3) is 0.385. The lowest BCUT2D eigenvalue weighted by molar-refractivity contribution is -0.274. The van der Waals surface area contributed by atoms with Crippen LogP contribution in [0.4, 0.5) is 13.2 Å². The number of carbonyl (C=O) groups is 2. The van der Waals surface area contributed by atoms with Crippen LogP contribution >= 0.6 is 0 Å². The van der Waals surface area contributed by atoms with Gasteiger partial charge in [0.1, 0.15) is 11.5 Å². The van der Waals surface area contributed by atoms with Crippen molar-refractivity contribution in [1.29, 1.82) is 0 Å². The minimum absolute atomic E-state index is 0.100.